The second-order valence-corrected chi connectivity index (χ2v) is 5.30. The lowest BCUT2D eigenvalue weighted by atomic mass is 10.1. The predicted octanol–water partition coefficient (Wildman–Crippen LogP) is 3.31. The molecule has 0 fully saturated rings. The van der Waals surface area contributed by atoms with Crippen molar-refractivity contribution in [3.05, 3.63) is 75.0 Å². The van der Waals surface area contributed by atoms with E-state index in [4.69, 9.17) is 16.9 Å². The summed E-state index contributed by atoms with van der Waals surface area (Å²) in [7, 11) is 0. The van der Waals surface area contributed by atoms with Crippen LogP contribution in [-0.2, 0) is 0 Å². The Morgan fingerprint density at radius 1 is 1.17 bits per heavy atom. The first kappa shape index (κ1) is 14.8. The molecule has 2 N–H and O–H groups in total. The molecule has 3 aromatic rings. The third-order valence-electron chi connectivity index (χ3n) is 3.36. The van der Waals surface area contributed by atoms with Gasteiger partial charge in [0.2, 0.25) is 5.43 Å². The molecular weight excluding hydrogens is 314 g/mol. The molecule has 0 aliphatic rings. The largest absolute Gasteiger partial charge is 0.360 e. The van der Waals surface area contributed by atoms with E-state index in [1.54, 1.807) is 36.4 Å². The maximum absolute atomic E-state index is 12.4. The molecule has 23 heavy (non-hydrogen) atoms. The molecule has 1 amide bonds. The molecule has 6 heteroatoms. The summed E-state index contributed by atoms with van der Waals surface area (Å²) in [4.78, 5) is 27.6. The van der Waals surface area contributed by atoms with Crippen LogP contribution in [0.1, 0.15) is 15.9 Å². The van der Waals surface area contributed by atoms with Gasteiger partial charge in [-0.05, 0) is 42.5 Å². The Morgan fingerprint density at radius 3 is 2.61 bits per heavy atom. The Kier molecular flexibility index (Phi) is 3.83. The summed E-state index contributed by atoms with van der Waals surface area (Å²) in [5.41, 5.74) is 1.19. The number of hydrogen-bond acceptors (Lipinski definition) is 3. The minimum Gasteiger partial charge on any atom is -0.360 e. The van der Waals surface area contributed by atoms with E-state index in [1.165, 1.54) is 12.3 Å². The molecule has 0 spiro atoms. The lowest BCUT2D eigenvalue weighted by molar-refractivity contribution is 0.102. The second kappa shape index (κ2) is 5.95. The number of H-pyrrole nitrogens is 1. The summed E-state index contributed by atoms with van der Waals surface area (Å²) in [6.07, 6.45) is 1.37. The van der Waals surface area contributed by atoms with Crippen LogP contribution >= 0.6 is 11.6 Å². The first-order valence-corrected chi connectivity index (χ1v) is 7.09. The summed E-state index contributed by atoms with van der Waals surface area (Å²) in [5, 5.41) is 12.2. The van der Waals surface area contributed by atoms with E-state index in [0.29, 0.717) is 27.2 Å². The molecular formula is C17H10ClN3O2. The Labute approximate surface area is 136 Å². The van der Waals surface area contributed by atoms with Crippen molar-refractivity contribution in [2.24, 2.45) is 0 Å². The van der Waals surface area contributed by atoms with Crippen LogP contribution in [0, 0.1) is 11.3 Å². The summed E-state index contributed by atoms with van der Waals surface area (Å²) in [5.74, 6) is -0.530. The van der Waals surface area contributed by atoms with E-state index in [9.17, 15) is 9.59 Å². The number of aromatic nitrogens is 1. The molecule has 0 unspecified atom stereocenters. The zero-order valence-electron chi connectivity index (χ0n) is 11.8. The van der Waals surface area contributed by atoms with Crippen LogP contribution in [0.2, 0.25) is 5.02 Å². The monoisotopic (exact) mass is 323 g/mol. The van der Waals surface area contributed by atoms with Gasteiger partial charge < -0.3 is 10.3 Å². The van der Waals surface area contributed by atoms with Crippen LogP contribution in [0.5, 0.6) is 0 Å². The molecule has 1 heterocycles. The molecule has 1 aromatic heterocycles. The Balaban J connectivity index is 1.96. The normalized spacial score (nSPS) is 10.3. The summed E-state index contributed by atoms with van der Waals surface area (Å²) in [6, 6.07) is 13.2. The van der Waals surface area contributed by atoms with Crippen molar-refractivity contribution >= 4 is 34.1 Å². The van der Waals surface area contributed by atoms with Gasteiger partial charge in [-0.1, -0.05) is 11.6 Å². The van der Waals surface area contributed by atoms with Crippen molar-refractivity contribution in [3.63, 3.8) is 0 Å². The standard InChI is InChI=1S/C17H10ClN3O2/c18-11-3-6-15-13(7-11)16(22)14(9-20-15)17(23)21-12-4-1-10(8-19)2-5-12/h1-7,9H,(H,20,22)(H,21,23). The van der Waals surface area contributed by atoms with Crippen molar-refractivity contribution < 1.29 is 4.79 Å². The minimum absolute atomic E-state index is 0.0101. The zero-order chi connectivity index (χ0) is 16.4. The van der Waals surface area contributed by atoms with Crippen LogP contribution in [-0.4, -0.2) is 10.9 Å². The number of carbonyl (C=O) groups is 1. The van der Waals surface area contributed by atoms with Crippen LogP contribution in [0.15, 0.2) is 53.5 Å². The first-order chi connectivity index (χ1) is 11.1. The fourth-order valence-corrected chi connectivity index (χ4v) is 2.36. The number of rotatable bonds is 2. The van der Waals surface area contributed by atoms with Gasteiger partial charge in [0.15, 0.2) is 0 Å². The van der Waals surface area contributed by atoms with Gasteiger partial charge in [0.05, 0.1) is 11.6 Å². The maximum Gasteiger partial charge on any atom is 0.261 e. The van der Waals surface area contributed by atoms with Crippen LogP contribution in [0.4, 0.5) is 5.69 Å². The SMILES string of the molecule is N#Cc1ccc(NC(=O)c2c[nH]c3ccc(Cl)cc3c2=O)cc1. The van der Waals surface area contributed by atoms with Crippen molar-refractivity contribution in [2.45, 2.75) is 0 Å². The lowest BCUT2D eigenvalue weighted by Crippen LogP contribution is -2.21. The van der Waals surface area contributed by atoms with Gasteiger partial charge in [-0.2, -0.15) is 5.26 Å². The van der Waals surface area contributed by atoms with Crippen LogP contribution in [0.3, 0.4) is 0 Å². The fraction of sp³-hybridized carbons (Fsp3) is 0. The molecule has 2 aromatic carbocycles. The third kappa shape index (κ3) is 2.93. The van der Waals surface area contributed by atoms with Crippen LogP contribution < -0.4 is 10.7 Å². The Bertz CT molecular complexity index is 1000. The van der Waals surface area contributed by atoms with Gasteiger partial charge in [-0.15, -0.1) is 0 Å². The highest BCUT2D eigenvalue weighted by atomic mass is 35.5. The number of amides is 1. The number of fused-ring (bicyclic) bond motifs is 1. The number of anilines is 1. The number of aromatic amines is 1. The van der Waals surface area contributed by atoms with Gasteiger partial charge >= 0.3 is 0 Å². The number of benzene rings is 2. The van der Waals surface area contributed by atoms with Gasteiger partial charge in [0, 0.05) is 27.8 Å². The molecule has 0 bridgehead atoms. The average Bonchev–Trinajstić information content (AvgIpc) is 2.56. The van der Waals surface area contributed by atoms with E-state index >= 15 is 0 Å². The second-order valence-electron chi connectivity index (χ2n) is 4.86. The predicted molar refractivity (Wildman–Crippen MR) is 88.7 cm³/mol. The number of nitrogens with zero attached hydrogens (tertiary/aromatic N) is 1. The topological polar surface area (TPSA) is 85.8 Å². The molecule has 0 aliphatic heterocycles. The minimum atomic E-state index is -0.530. The number of pyridine rings is 1. The van der Waals surface area contributed by atoms with Gasteiger partial charge in [-0.3, -0.25) is 9.59 Å². The van der Waals surface area contributed by atoms with Gasteiger partial charge in [-0.25, -0.2) is 0 Å². The molecule has 0 radical (unpaired) electrons. The first-order valence-electron chi connectivity index (χ1n) is 6.71. The highest BCUT2D eigenvalue weighted by Crippen LogP contribution is 2.16. The Morgan fingerprint density at radius 2 is 1.91 bits per heavy atom. The van der Waals surface area contributed by atoms with Crippen LogP contribution in [0.25, 0.3) is 10.9 Å². The number of nitriles is 1. The van der Waals surface area contributed by atoms with E-state index in [-0.39, 0.29) is 5.56 Å². The van der Waals surface area contributed by atoms with Gasteiger partial charge in [0.25, 0.3) is 5.91 Å². The molecule has 0 saturated heterocycles. The summed E-state index contributed by atoms with van der Waals surface area (Å²) in [6.45, 7) is 0. The van der Waals surface area contributed by atoms with E-state index < -0.39 is 11.3 Å². The number of carbonyl (C=O) groups excluding carboxylic acids is 1. The fourth-order valence-electron chi connectivity index (χ4n) is 2.19. The summed E-state index contributed by atoms with van der Waals surface area (Å²) >= 11 is 5.90. The van der Waals surface area contributed by atoms with E-state index in [2.05, 4.69) is 10.3 Å². The maximum atomic E-state index is 12.4. The van der Waals surface area contributed by atoms with E-state index in [1.807, 2.05) is 6.07 Å². The third-order valence-corrected chi connectivity index (χ3v) is 3.59. The number of nitrogens with one attached hydrogen (secondary N) is 2. The highest BCUT2D eigenvalue weighted by Gasteiger charge is 2.13. The van der Waals surface area contributed by atoms with E-state index in [0.717, 1.165) is 0 Å². The highest BCUT2D eigenvalue weighted by molar-refractivity contribution is 6.31. The molecule has 0 aliphatic carbocycles. The molecule has 0 atom stereocenters. The average molecular weight is 324 g/mol. The van der Waals surface area contributed by atoms with Crippen molar-refractivity contribution in [1.82, 2.24) is 4.98 Å². The lowest BCUT2D eigenvalue weighted by Gasteiger charge is -2.06. The summed E-state index contributed by atoms with van der Waals surface area (Å²) < 4.78 is 0. The molecule has 5 nitrogen and oxygen atoms in total. The molecule has 0 saturated carbocycles. The van der Waals surface area contributed by atoms with Crippen molar-refractivity contribution in [1.29, 1.82) is 5.26 Å². The number of halogens is 1. The van der Waals surface area contributed by atoms with Crippen molar-refractivity contribution in [2.75, 3.05) is 5.32 Å². The quantitative estimate of drug-likeness (QED) is 0.758. The Hall–Kier alpha value is -3.10. The van der Waals surface area contributed by atoms with Gasteiger partial charge in [0.1, 0.15) is 5.56 Å². The van der Waals surface area contributed by atoms with Crippen molar-refractivity contribution in [3.8, 4) is 6.07 Å². The molecule has 3 rings (SSSR count). The number of hydrogen-bond donors (Lipinski definition) is 2. The molecule has 112 valence electrons. The smallest absolute Gasteiger partial charge is 0.261 e. The zero-order valence-corrected chi connectivity index (χ0v) is 12.5.